The number of pyridine rings is 1. The topological polar surface area (TPSA) is 68.1 Å². The first-order valence-corrected chi connectivity index (χ1v) is 6.86. The average Bonchev–Trinajstić information content (AvgIpc) is 2.37. The standard InChI is InChI=1S/C14H21N3O2/c1-9-5-4-6-12(11(9)3)16-14-7-13(17(18)19)10(2)8-15-14/h7-9,11-12H,4-6H2,1-3H3,(H,15,16). The van der Waals surface area contributed by atoms with Crippen LogP contribution in [0, 0.1) is 28.9 Å². The van der Waals surface area contributed by atoms with Gasteiger partial charge in [0, 0.05) is 17.8 Å². The van der Waals surface area contributed by atoms with Gasteiger partial charge in [0.25, 0.3) is 5.69 Å². The minimum Gasteiger partial charge on any atom is -0.367 e. The van der Waals surface area contributed by atoms with Crippen LogP contribution in [0.15, 0.2) is 12.3 Å². The zero-order chi connectivity index (χ0) is 14.0. The van der Waals surface area contributed by atoms with Gasteiger partial charge in [0.2, 0.25) is 0 Å². The van der Waals surface area contributed by atoms with Crippen molar-refractivity contribution in [3.63, 3.8) is 0 Å². The molecule has 1 N–H and O–H groups in total. The van der Waals surface area contributed by atoms with Crippen LogP contribution >= 0.6 is 0 Å². The third-order valence-corrected chi connectivity index (χ3v) is 4.31. The molecule has 0 radical (unpaired) electrons. The van der Waals surface area contributed by atoms with Crippen molar-refractivity contribution in [1.82, 2.24) is 4.98 Å². The zero-order valence-electron chi connectivity index (χ0n) is 11.7. The van der Waals surface area contributed by atoms with Gasteiger partial charge in [-0.25, -0.2) is 4.98 Å². The second kappa shape index (κ2) is 5.55. The van der Waals surface area contributed by atoms with Crippen molar-refractivity contribution >= 4 is 11.5 Å². The highest BCUT2D eigenvalue weighted by Crippen LogP contribution is 2.32. The molecule has 1 saturated carbocycles. The molecule has 0 spiro atoms. The van der Waals surface area contributed by atoms with Crippen LogP contribution < -0.4 is 5.32 Å². The molecule has 1 fully saturated rings. The predicted molar refractivity (Wildman–Crippen MR) is 75.2 cm³/mol. The zero-order valence-corrected chi connectivity index (χ0v) is 11.7. The number of aryl methyl sites for hydroxylation is 1. The van der Waals surface area contributed by atoms with E-state index in [1.165, 1.54) is 12.8 Å². The molecule has 2 rings (SSSR count). The third-order valence-electron chi connectivity index (χ3n) is 4.31. The molecule has 3 atom stereocenters. The van der Waals surface area contributed by atoms with E-state index in [1.807, 2.05) is 0 Å². The number of nitrogens with zero attached hydrogens (tertiary/aromatic N) is 2. The molecule has 0 aromatic carbocycles. The Morgan fingerprint density at radius 3 is 2.84 bits per heavy atom. The van der Waals surface area contributed by atoms with Gasteiger partial charge in [-0.1, -0.05) is 26.7 Å². The highest BCUT2D eigenvalue weighted by Gasteiger charge is 2.27. The number of nitro groups is 1. The molecule has 1 heterocycles. The lowest BCUT2D eigenvalue weighted by Gasteiger charge is -2.34. The van der Waals surface area contributed by atoms with E-state index in [2.05, 4.69) is 24.1 Å². The van der Waals surface area contributed by atoms with Crippen LogP contribution in [0.1, 0.15) is 38.7 Å². The van der Waals surface area contributed by atoms with Crippen LogP contribution in [-0.2, 0) is 0 Å². The Morgan fingerprint density at radius 2 is 2.16 bits per heavy atom. The van der Waals surface area contributed by atoms with Crippen molar-refractivity contribution in [1.29, 1.82) is 0 Å². The van der Waals surface area contributed by atoms with E-state index in [0.29, 0.717) is 29.3 Å². The highest BCUT2D eigenvalue weighted by atomic mass is 16.6. The van der Waals surface area contributed by atoms with E-state index in [-0.39, 0.29) is 10.6 Å². The van der Waals surface area contributed by atoms with Crippen molar-refractivity contribution in [3.05, 3.63) is 27.9 Å². The third kappa shape index (κ3) is 3.03. The summed E-state index contributed by atoms with van der Waals surface area (Å²) in [6.45, 7) is 6.22. The number of hydrogen-bond acceptors (Lipinski definition) is 4. The average molecular weight is 263 g/mol. The van der Waals surface area contributed by atoms with E-state index in [4.69, 9.17) is 0 Å². The summed E-state index contributed by atoms with van der Waals surface area (Å²) in [6, 6.07) is 1.90. The Morgan fingerprint density at radius 1 is 1.42 bits per heavy atom. The molecule has 0 bridgehead atoms. The summed E-state index contributed by atoms with van der Waals surface area (Å²) in [5, 5.41) is 14.3. The highest BCUT2D eigenvalue weighted by molar-refractivity contribution is 5.49. The van der Waals surface area contributed by atoms with Gasteiger partial charge < -0.3 is 5.32 Å². The lowest BCUT2D eigenvalue weighted by Crippen LogP contribution is -2.35. The van der Waals surface area contributed by atoms with Gasteiger partial charge in [0.1, 0.15) is 5.82 Å². The summed E-state index contributed by atoms with van der Waals surface area (Å²) in [5.74, 6) is 1.87. The largest absolute Gasteiger partial charge is 0.367 e. The SMILES string of the molecule is Cc1cnc(NC2CCCC(C)C2C)cc1[N+](=O)[O-]. The first-order chi connectivity index (χ1) is 8.99. The van der Waals surface area contributed by atoms with Gasteiger partial charge in [-0.15, -0.1) is 0 Å². The molecule has 1 aromatic heterocycles. The molecule has 1 aromatic rings. The fraction of sp³-hybridized carbons (Fsp3) is 0.643. The van der Waals surface area contributed by atoms with Crippen molar-refractivity contribution in [2.24, 2.45) is 11.8 Å². The van der Waals surface area contributed by atoms with Gasteiger partial charge in [0.15, 0.2) is 0 Å². The van der Waals surface area contributed by atoms with Crippen LogP contribution in [0.5, 0.6) is 0 Å². The monoisotopic (exact) mass is 263 g/mol. The molecule has 5 heteroatoms. The maximum atomic E-state index is 10.9. The van der Waals surface area contributed by atoms with Crippen molar-refractivity contribution < 1.29 is 4.92 Å². The molecule has 104 valence electrons. The summed E-state index contributed by atoms with van der Waals surface area (Å²) in [5.41, 5.74) is 0.731. The van der Waals surface area contributed by atoms with Crippen LogP contribution in [-0.4, -0.2) is 15.9 Å². The maximum Gasteiger partial charge on any atom is 0.277 e. The number of aromatic nitrogens is 1. The first kappa shape index (κ1) is 13.8. The van der Waals surface area contributed by atoms with E-state index in [1.54, 1.807) is 19.2 Å². The first-order valence-electron chi connectivity index (χ1n) is 6.86. The minimum absolute atomic E-state index is 0.133. The van der Waals surface area contributed by atoms with Gasteiger partial charge in [-0.05, 0) is 25.2 Å². The van der Waals surface area contributed by atoms with Crippen molar-refractivity contribution in [2.75, 3.05) is 5.32 Å². The smallest absolute Gasteiger partial charge is 0.277 e. The lowest BCUT2D eigenvalue weighted by atomic mass is 9.78. The second-order valence-corrected chi connectivity index (χ2v) is 5.63. The molecule has 1 aliphatic carbocycles. The Hall–Kier alpha value is -1.65. The summed E-state index contributed by atoms with van der Waals surface area (Å²) >= 11 is 0. The van der Waals surface area contributed by atoms with Crippen molar-refractivity contribution in [2.45, 2.75) is 46.1 Å². The Labute approximate surface area is 113 Å². The lowest BCUT2D eigenvalue weighted by molar-refractivity contribution is -0.385. The van der Waals surface area contributed by atoms with E-state index in [0.717, 1.165) is 6.42 Å². The molecular formula is C14H21N3O2. The quantitative estimate of drug-likeness (QED) is 0.669. The molecule has 19 heavy (non-hydrogen) atoms. The fourth-order valence-electron chi connectivity index (χ4n) is 2.76. The maximum absolute atomic E-state index is 10.9. The molecule has 1 aliphatic rings. The molecule has 3 unspecified atom stereocenters. The molecule has 0 aliphatic heterocycles. The van der Waals surface area contributed by atoms with Gasteiger partial charge >= 0.3 is 0 Å². The van der Waals surface area contributed by atoms with Gasteiger partial charge in [-0.2, -0.15) is 0 Å². The molecular weight excluding hydrogens is 242 g/mol. The van der Waals surface area contributed by atoms with E-state index < -0.39 is 0 Å². The normalized spacial score (nSPS) is 27.0. The van der Waals surface area contributed by atoms with Gasteiger partial charge in [-0.3, -0.25) is 10.1 Å². The number of hydrogen-bond donors (Lipinski definition) is 1. The summed E-state index contributed by atoms with van der Waals surface area (Å²) in [7, 11) is 0. The molecule has 5 nitrogen and oxygen atoms in total. The molecule has 0 amide bonds. The van der Waals surface area contributed by atoms with Crippen LogP contribution in [0.3, 0.4) is 0 Å². The Bertz CT molecular complexity index is 476. The second-order valence-electron chi connectivity index (χ2n) is 5.63. The summed E-state index contributed by atoms with van der Waals surface area (Å²) < 4.78 is 0. The van der Waals surface area contributed by atoms with Gasteiger partial charge in [0.05, 0.1) is 11.0 Å². The summed E-state index contributed by atoms with van der Waals surface area (Å²) in [6.07, 6.45) is 5.14. The van der Waals surface area contributed by atoms with Crippen LogP contribution in [0.4, 0.5) is 11.5 Å². The number of rotatable bonds is 3. The van der Waals surface area contributed by atoms with E-state index in [9.17, 15) is 10.1 Å². The fourth-order valence-corrected chi connectivity index (χ4v) is 2.76. The summed E-state index contributed by atoms with van der Waals surface area (Å²) in [4.78, 5) is 14.8. The minimum atomic E-state index is -0.352. The number of anilines is 1. The molecule has 0 saturated heterocycles. The van der Waals surface area contributed by atoms with Crippen LogP contribution in [0.25, 0.3) is 0 Å². The number of nitrogens with one attached hydrogen (secondary N) is 1. The van der Waals surface area contributed by atoms with E-state index >= 15 is 0 Å². The predicted octanol–water partition coefficient (Wildman–Crippen LogP) is 3.53. The van der Waals surface area contributed by atoms with Crippen molar-refractivity contribution in [3.8, 4) is 0 Å². The Kier molecular flexibility index (Phi) is 4.02. The van der Waals surface area contributed by atoms with Crippen LogP contribution in [0.2, 0.25) is 0 Å². The Balaban J connectivity index is 2.15.